The van der Waals surface area contributed by atoms with E-state index in [9.17, 15) is 4.79 Å². The monoisotopic (exact) mass is 481 g/mol. The molecule has 0 aliphatic rings. The van der Waals surface area contributed by atoms with E-state index < -0.39 is 0 Å². The number of rotatable bonds is 12. The maximum atomic E-state index is 12.6. The molecule has 0 bridgehead atoms. The summed E-state index contributed by atoms with van der Waals surface area (Å²) in [5, 5.41) is 18.3. The van der Waals surface area contributed by atoms with Gasteiger partial charge in [0.1, 0.15) is 5.69 Å². The summed E-state index contributed by atoms with van der Waals surface area (Å²) < 4.78 is 1.69. The first kappa shape index (κ1) is 25.6. The fourth-order valence-corrected chi connectivity index (χ4v) is 6.36. The average Bonchev–Trinajstić information content (AvgIpc) is 3.31. The smallest absolute Gasteiger partial charge is 0.272 e. The SMILES string of the molecule is C/C=C\c1[nH]nc(C(=O)NCc2cn(SC(C)(C)SSCCN(C)C)nn2)c1/C=C\C. The van der Waals surface area contributed by atoms with Gasteiger partial charge in [0.2, 0.25) is 0 Å². The average molecular weight is 482 g/mol. The Morgan fingerprint density at radius 3 is 2.71 bits per heavy atom. The molecule has 2 rings (SSSR count). The highest BCUT2D eigenvalue weighted by atomic mass is 33.1. The van der Waals surface area contributed by atoms with Crippen LogP contribution >= 0.6 is 33.5 Å². The number of allylic oxidation sites excluding steroid dienone is 2. The number of nitrogens with one attached hydrogen (secondary N) is 2. The van der Waals surface area contributed by atoms with E-state index in [0.717, 1.165) is 23.6 Å². The Bertz CT molecular complexity index is 902. The lowest BCUT2D eigenvalue weighted by molar-refractivity contribution is 0.0945. The van der Waals surface area contributed by atoms with Crippen LogP contribution in [0, 0.1) is 0 Å². The molecule has 0 fully saturated rings. The summed E-state index contributed by atoms with van der Waals surface area (Å²) >= 11 is 1.60. The third kappa shape index (κ3) is 8.40. The Morgan fingerprint density at radius 1 is 1.29 bits per heavy atom. The van der Waals surface area contributed by atoms with Gasteiger partial charge in [0.05, 0.1) is 22.5 Å². The van der Waals surface area contributed by atoms with Gasteiger partial charge in [-0.2, -0.15) is 9.19 Å². The Kier molecular flexibility index (Phi) is 10.2. The number of carbonyl (C=O) groups is 1. The van der Waals surface area contributed by atoms with Crippen molar-refractivity contribution < 1.29 is 4.79 Å². The molecular weight excluding hydrogens is 450 g/mol. The lowest BCUT2D eigenvalue weighted by Crippen LogP contribution is -2.24. The molecule has 0 aliphatic carbocycles. The van der Waals surface area contributed by atoms with E-state index in [1.165, 1.54) is 0 Å². The standard InChI is InChI=1S/C20H31N7OS3/c1-7-9-16-17(10-8-2)23-24-18(16)19(28)21-13-15-14-27(25-22-15)30-20(3,4)31-29-12-11-26(5)6/h7-10,14H,11-13H2,1-6H3,(H,21,28)(H,23,24)/b9-7-,10-8-. The van der Waals surface area contributed by atoms with E-state index in [2.05, 4.69) is 58.7 Å². The molecule has 2 aromatic rings. The van der Waals surface area contributed by atoms with Crippen LogP contribution in [0.2, 0.25) is 0 Å². The lowest BCUT2D eigenvalue weighted by atomic mass is 10.1. The predicted molar refractivity (Wildman–Crippen MR) is 135 cm³/mol. The zero-order valence-electron chi connectivity index (χ0n) is 18.9. The highest BCUT2D eigenvalue weighted by Gasteiger charge is 2.22. The van der Waals surface area contributed by atoms with Crippen LogP contribution in [0.4, 0.5) is 0 Å². The number of aromatic nitrogens is 5. The molecule has 2 aromatic heterocycles. The van der Waals surface area contributed by atoms with E-state index in [0.29, 0.717) is 11.4 Å². The molecule has 31 heavy (non-hydrogen) atoms. The molecule has 2 heterocycles. The van der Waals surface area contributed by atoms with Gasteiger partial charge in [-0.05, 0) is 59.8 Å². The summed E-state index contributed by atoms with van der Waals surface area (Å²) in [6, 6.07) is 0. The minimum atomic E-state index is -0.254. The molecule has 0 spiro atoms. The quantitative estimate of drug-likeness (QED) is 0.265. The van der Waals surface area contributed by atoms with Gasteiger partial charge in [-0.1, -0.05) is 45.0 Å². The predicted octanol–water partition coefficient (Wildman–Crippen LogP) is 4.17. The summed E-state index contributed by atoms with van der Waals surface area (Å²) in [5.41, 5.74) is 2.62. The summed E-state index contributed by atoms with van der Waals surface area (Å²) in [5.74, 6) is 0.810. The number of nitrogens with zero attached hydrogens (tertiary/aromatic N) is 5. The zero-order valence-corrected chi connectivity index (χ0v) is 21.3. The summed E-state index contributed by atoms with van der Waals surface area (Å²) in [4.78, 5) is 14.8. The second-order valence-electron chi connectivity index (χ2n) is 7.39. The molecule has 0 aromatic carbocycles. The van der Waals surface area contributed by atoms with E-state index in [-0.39, 0.29) is 16.5 Å². The van der Waals surface area contributed by atoms with Crippen molar-refractivity contribution in [2.75, 3.05) is 26.4 Å². The second kappa shape index (κ2) is 12.4. The van der Waals surface area contributed by atoms with E-state index in [4.69, 9.17) is 0 Å². The number of hydrogen-bond donors (Lipinski definition) is 2. The van der Waals surface area contributed by atoms with Gasteiger partial charge >= 0.3 is 0 Å². The van der Waals surface area contributed by atoms with Crippen LogP contribution in [-0.2, 0) is 6.54 Å². The number of hydrogen-bond acceptors (Lipinski definition) is 8. The van der Waals surface area contributed by atoms with Crippen molar-refractivity contribution in [1.29, 1.82) is 0 Å². The molecule has 11 heteroatoms. The van der Waals surface area contributed by atoms with Crippen molar-refractivity contribution in [3.8, 4) is 0 Å². The van der Waals surface area contributed by atoms with Crippen molar-refractivity contribution in [2.24, 2.45) is 0 Å². The minimum Gasteiger partial charge on any atom is -0.345 e. The van der Waals surface area contributed by atoms with Gasteiger partial charge < -0.3 is 10.2 Å². The number of amides is 1. The third-order valence-electron chi connectivity index (χ3n) is 3.86. The van der Waals surface area contributed by atoms with Crippen molar-refractivity contribution in [2.45, 2.75) is 38.3 Å². The minimum absolute atomic E-state index is 0.0647. The molecular formula is C20H31N7OS3. The van der Waals surface area contributed by atoms with E-state index in [1.807, 2.05) is 65.9 Å². The molecule has 0 radical (unpaired) electrons. The van der Waals surface area contributed by atoms with Crippen LogP contribution in [0.1, 0.15) is 55.1 Å². The van der Waals surface area contributed by atoms with Crippen LogP contribution in [0.5, 0.6) is 0 Å². The molecule has 0 saturated heterocycles. The molecule has 0 aliphatic heterocycles. The summed E-state index contributed by atoms with van der Waals surface area (Å²) in [6.07, 6.45) is 9.40. The number of aromatic amines is 1. The number of carbonyl (C=O) groups excluding carboxylic acids is 1. The third-order valence-corrected chi connectivity index (χ3v) is 8.43. The Balaban J connectivity index is 1.91. The van der Waals surface area contributed by atoms with Crippen molar-refractivity contribution in [3.63, 3.8) is 0 Å². The second-order valence-corrected chi connectivity index (χ2v) is 12.3. The van der Waals surface area contributed by atoms with Gasteiger partial charge in [-0.15, -0.1) is 5.10 Å². The highest BCUT2D eigenvalue weighted by molar-refractivity contribution is 8.78. The largest absolute Gasteiger partial charge is 0.345 e. The first-order valence-corrected chi connectivity index (χ1v) is 13.0. The summed E-state index contributed by atoms with van der Waals surface area (Å²) in [7, 11) is 7.83. The van der Waals surface area contributed by atoms with Gasteiger partial charge in [-0.25, -0.2) is 0 Å². The fraction of sp³-hybridized carbons (Fsp3) is 0.500. The molecule has 0 atom stereocenters. The lowest BCUT2D eigenvalue weighted by Gasteiger charge is -2.21. The number of H-pyrrole nitrogens is 1. The Labute approximate surface area is 196 Å². The van der Waals surface area contributed by atoms with Crippen molar-refractivity contribution >= 4 is 51.6 Å². The summed E-state index contributed by atoms with van der Waals surface area (Å²) in [6.45, 7) is 9.49. The first-order valence-electron chi connectivity index (χ1n) is 9.93. The van der Waals surface area contributed by atoms with Crippen molar-refractivity contribution in [3.05, 3.63) is 41.0 Å². The molecule has 1 amide bonds. The maximum Gasteiger partial charge on any atom is 0.272 e. The fourth-order valence-electron chi connectivity index (χ4n) is 2.47. The van der Waals surface area contributed by atoms with Crippen LogP contribution < -0.4 is 5.32 Å². The zero-order chi connectivity index (χ0) is 22.9. The van der Waals surface area contributed by atoms with Crippen LogP contribution in [0.3, 0.4) is 0 Å². The van der Waals surface area contributed by atoms with Crippen LogP contribution in [0.15, 0.2) is 18.3 Å². The molecule has 0 saturated carbocycles. The van der Waals surface area contributed by atoms with Crippen LogP contribution in [0.25, 0.3) is 12.2 Å². The Hall–Kier alpha value is -1.69. The molecule has 0 unspecified atom stereocenters. The first-order chi connectivity index (χ1) is 14.8. The molecule has 2 N–H and O–H groups in total. The van der Waals surface area contributed by atoms with Gasteiger partial charge in [-0.3, -0.25) is 9.89 Å². The van der Waals surface area contributed by atoms with Gasteiger partial charge in [0, 0.05) is 17.9 Å². The van der Waals surface area contributed by atoms with E-state index in [1.54, 1.807) is 16.0 Å². The van der Waals surface area contributed by atoms with Crippen molar-refractivity contribution in [1.82, 2.24) is 34.8 Å². The maximum absolute atomic E-state index is 12.6. The van der Waals surface area contributed by atoms with Crippen LogP contribution in [-0.4, -0.2) is 65.9 Å². The highest BCUT2D eigenvalue weighted by Crippen LogP contribution is 2.43. The topological polar surface area (TPSA) is 91.7 Å². The molecule has 8 nitrogen and oxygen atoms in total. The molecule has 170 valence electrons. The normalized spacial score (nSPS) is 12.5. The van der Waals surface area contributed by atoms with Gasteiger partial charge in [0.15, 0.2) is 5.69 Å². The Morgan fingerprint density at radius 2 is 2.03 bits per heavy atom. The van der Waals surface area contributed by atoms with Gasteiger partial charge in [0.25, 0.3) is 5.91 Å². The van der Waals surface area contributed by atoms with E-state index >= 15 is 0 Å².